The molecule has 0 saturated carbocycles. The van der Waals surface area contributed by atoms with E-state index in [0.29, 0.717) is 11.0 Å². The highest BCUT2D eigenvalue weighted by molar-refractivity contribution is 5.71. The molecule has 0 rings (SSSR count). The normalized spacial score (nSPS) is 13.3. The van der Waals surface area contributed by atoms with E-state index in [1.165, 1.54) is 199 Å². The summed E-state index contributed by atoms with van der Waals surface area (Å²) in [6.45, 7) is 4.77. The monoisotopic (exact) mass is 1220 g/mol. The van der Waals surface area contributed by atoms with Gasteiger partial charge in [0.25, 0.3) is 6.29 Å². The molecule has 0 aliphatic carbocycles. The number of hydrogen-bond acceptors (Lipinski definition) is 7. The Morgan fingerprint density at radius 2 is 0.655 bits per heavy atom. The van der Waals surface area contributed by atoms with Crippen LogP contribution in [0.15, 0.2) is 97.2 Å². The van der Waals surface area contributed by atoms with Gasteiger partial charge in [-0.1, -0.05) is 310 Å². The highest BCUT2D eigenvalue weighted by atomic mass is 16.7. The molecule has 87 heavy (non-hydrogen) atoms. The predicted molar refractivity (Wildman–Crippen MR) is 373 cm³/mol. The van der Waals surface area contributed by atoms with E-state index in [9.17, 15) is 19.5 Å². The van der Waals surface area contributed by atoms with Crippen LogP contribution in [0.25, 0.3) is 0 Å². The Hall–Kier alpha value is -3.79. The first kappa shape index (κ1) is 83.2. The summed E-state index contributed by atoms with van der Waals surface area (Å²) < 4.78 is 23.0. The fourth-order valence-corrected chi connectivity index (χ4v) is 10.3. The van der Waals surface area contributed by atoms with Gasteiger partial charge in [-0.15, -0.1) is 0 Å². The minimum atomic E-state index is -1.52. The second-order valence-electron chi connectivity index (χ2n) is 25.5. The Balaban J connectivity index is 4.00. The van der Waals surface area contributed by atoms with Crippen LogP contribution in [0.1, 0.15) is 322 Å². The van der Waals surface area contributed by atoms with Crippen LogP contribution in [-0.2, 0) is 33.3 Å². The van der Waals surface area contributed by atoms with Crippen LogP contribution in [0.3, 0.4) is 0 Å². The maximum Gasteiger partial charge on any atom is 0.361 e. The third kappa shape index (κ3) is 69.5. The summed E-state index contributed by atoms with van der Waals surface area (Å²) in [7, 11) is 5.98. The molecule has 0 aromatic carbocycles. The highest BCUT2D eigenvalue weighted by Gasteiger charge is 2.25. The number of aliphatic carboxylic acids is 1. The van der Waals surface area contributed by atoms with Crippen LogP contribution in [0.2, 0.25) is 0 Å². The summed E-state index contributed by atoms with van der Waals surface area (Å²) >= 11 is 0. The number of allylic oxidation sites excluding steroid dienone is 16. The van der Waals surface area contributed by atoms with Gasteiger partial charge in [0.2, 0.25) is 0 Å². The van der Waals surface area contributed by atoms with Gasteiger partial charge in [-0.25, -0.2) is 4.79 Å². The van der Waals surface area contributed by atoms with Crippen molar-refractivity contribution in [2.24, 2.45) is 0 Å². The third-order valence-corrected chi connectivity index (χ3v) is 15.8. The molecule has 2 unspecified atom stereocenters. The van der Waals surface area contributed by atoms with E-state index in [4.69, 9.17) is 18.9 Å². The maximum absolute atomic E-state index is 12.9. The summed E-state index contributed by atoms with van der Waals surface area (Å²) in [5, 5.41) is 9.74. The molecular formula is C78H138NO8+. The number of hydrogen-bond donors (Lipinski definition) is 1. The molecule has 1 N–H and O–H groups in total. The quantitative estimate of drug-likeness (QED) is 0.0211. The van der Waals surface area contributed by atoms with Crippen molar-refractivity contribution in [1.29, 1.82) is 0 Å². The van der Waals surface area contributed by atoms with Crippen LogP contribution in [-0.4, -0.2) is 87.4 Å². The fourth-order valence-electron chi connectivity index (χ4n) is 10.3. The first-order valence-electron chi connectivity index (χ1n) is 36.4. The van der Waals surface area contributed by atoms with Gasteiger partial charge in [0, 0.05) is 12.8 Å². The second kappa shape index (κ2) is 68.1. The molecule has 0 spiro atoms. The zero-order valence-corrected chi connectivity index (χ0v) is 57.4. The Morgan fingerprint density at radius 3 is 0.977 bits per heavy atom. The van der Waals surface area contributed by atoms with Crippen molar-refractivity contribution in [3.05, 3.63) is 97.2 Å². The SMILES string of the molecule is CC/C=C\C/C=C\C/C=C\C/C=C\C/C=C\CCCCCCCCCCCCCCCCCCCCCCCCCCCC(=O)OC(COC(=O)CCCCCCCC/C=C\C/C=C\C/C=C\CCCCCCC)COC(OCC[N+](C)(C)C)C(=O)O. The molecule has 0 amide bonds. The number of carbonyl (C=O) groups is 3. The lowest BCUT2D eigenvalue weighted by molar-refractivity contribution is -0.870. The van der Waals surface area contributed by atoms with Crippen molar-refractivity contribution in [3.63, 3.8) is 0 Å². The van der Waals surface area contributed by atoms with Crippen molar-refractivity contribution in [2.45, 2.75) is 334 Å². The van der Waals surface area contributed by atoms with E-state index in [-0.39, 0.29) is 38.6 Å². The number of carboxylic acids is 1. The summed E-state index contributed by atoms with van der Waals surface area (Å²) in [5.74, 6) is -2.01. The number of carboxylic acid groups (broad SMARTS) is 1. The van der Waals surface area contributed by atoms with Crippen LogP contribution in [0.4, 0.5) is 0 Å². The minimum absolute atomic E-state index is 0.184. The smallest absolute Gasteiger partial charge is 0.361 e. The van der Waals surface area contributed by atoms with Gasteiger partial charge in [0.1, 0.15) is 13.2 Å². The Labute approximate surface area is 537 Å². The number of likely N-dealkylation sites (N-methyl/N-ethyl adjacent to an activating group) is 1. The fraction of sp³-hybridized carbons (Fsp3) is 0.756. The van der Waals surface area contributed by atoms with Crippen molar-refractivity contribution in [2.75, 3.05) is 47.5 Å². The van der Waals surface area contributed by atoms with Crippen LogP contribution < -0.4 is 0 Å². The van der Waals surface area contributed by atoms with Crippen LogP contribution in [0, 0.1) is 0 Å². The van der Waals surface area contributed by atoms with Gasteiger partial charge in [0.15, 0.2) is 6.10 Å². The standard InChI is InChI=1S/C78H137NO8/c1-6-8-10-12-14-16-18-20-22-24-26-28-29-30-31-32-33-34-35-36-37-38-39-40-41-42-43-44-45-46-47-49-51-53-55-57-59-61-63-65-67-69-76(81)87-74(73-86-78(77(82)83)84-71-70-79(3,4)5)72-85-75(80)68-66-64-62-60-58-56-54-52-50-48-27-25-23-21-19-17-15-13-11-9-7-2/h8,10,14,16,19-22,25-28,30-31,50,52,74,78H,6-7,9,11-13,15,17-18,23-24,29,32-49,51,53-73H2,1-5H3/p+1/b10-8-,16-14-,21-19-,22-20-,27-25-,28-26-,31-30-,52-50-. The summed E-state index contributed by atoms with van der Waals surface area (Å²) in [6.07, 6.45) is 91.1. The number of quaternary nitrogens is 1. The average Bonchev–Trinajstić information content (AvgIpc) is 3.59. The lowest BCUT2D eigenvalue weighted by Crippen LogP contribution is -2.40. The first-order chi connectivity index (χ1) is 42.6. The molecule has 0 fully saturated rings. The predicted octanol–water partition coefficient (Wildman–Crippen LogP) is 22.8. The Bertz CT molecular complexity index is 1750. The molecule has 0 aliphatic heterocycles. The van der Waals surface area contributed by atoms with E-state index in [0.717, 1.165) is 96.3 Å². The molecule has 2 atom stereocenters. The Morgan fingerprint density at radius 1 is 0.356 bits per heavy atom. The largest absolute Gasteiger partial charge is 0.477 e. The lowest BCUT2D eigenvalue weighted by Gasteiger charge is -2.25. The number of rotatable bonds is 67. The summed E-state index contributed by atoms with van der Waals surface area (Å²) in [5.41, 5.74) is 0. The molecule has 0 bridgehead atoms. The van der Waals surface area contributed by atoms with Crippen molar-refractivity contribution in [1.82, 2.24) is 0 Å². The van der Waals surface area contributed by atoms with Gasteiger partial charge < -0.3 is 28.5 Å². The van der Waals surface area contributed by atoms with Gasteiger partial charge in [-0.3, -0.25) is 9.59 Å². The van der Waals surface area contributed by atoms with E-state index in [1.54, 1.807) is 0 Å². The molecule has 0 aliphatic rings. The number of esters is 2. The number of ether oxygens (including phenoxy) is 4. The average molecular weight is 1220 g/mol. The van der Waals surface area contributed by atoms with E-state index < -0.39 is 24.3 Å². The van der Waals surface area contributed by atoms with Gasteiger partial charge in [-0.05, 0) is 96.3 Å². The summed E-state index contributed by atoms with van der Waals surface area (Å²) in [6, 6.07) is 0. The molecule has 0 heterocycles. The highest BCUT2D eigenvalue weighted by Crippen LogP contribution is 2.18. The van der Waals surface area contributed by atoms with Crippen molar-refractivity contribution in [3.8, 4) is 0 Å². The topological polar surface area (TPSA) is 108 Å². The molecule has 502 valence electrons. The van der Waals surface area contributed by atoms with Gasteiger partial charge >= 0.3 is 17.9 Å². The zero-order valence-electron chi connectivity index (χ0n) is 57.4. The van der Waals surface area contributed by atoms with Crippen LogP contribution in [0.5, 0.6) is 0 Å². The van der Waals surface area contributed by atoms with Gasteiger partial charge in [-0.2, -0.15) is 0 Å². The number of nitrogens with zero attached hydrogens (tertiary/aromatic N) is 1. The number of unbranched alkanes of at least 4 members (excludes halogenated alkanes) is 36. The molecule has 0 radical (unpaired) electrons. The van der Waals surface area contributed by atoms with E-state index >= 15 is 0 Å². The first-order valence-corrected chi connectivity index (χ1v) is 36.4. The molecule has 9 nitrogen and oxygen atoms in total. The second-order valence-corrected chi connectivity index (χ2v) is 25.5. The minimum Gasteiger partial charge on any atom is -0.477 e. The van der Waals surface area contributed by atoms with Crippen molar-refractivity contribution < 1.29 is 42.9 Å². The third-order valence-electron chi connectivity index (χ3n) is 15.8. The molecule has 0 aromatic heterocycles. The Kier molecular flexibility index (Phi) is 65.2. The van der Waals surface area contributed by atoms with E-state index in [1.807, 2.05) is 21.1 Å². The van der Waals surface area contributed by atoms with E-state index in [2.05, 4.69) is 111 Å². The zero-order chi connectivity index (χ0) is 63.3. The number of carbonyl (C=O) groups excluding carboxylic acids is 2. The molecular weight excluding hydrogens is 1080 g/mol. The molecule has 9 heteroatoms. The maximum atomic E-state index is 12.9. The summed E-state index contributed by atoms with van der Waals surface area (Å²) in [4.78, 5) is 37.6. The van der Waals surface area contributed by atoms with Crippen LogP contribution >= 0.6 is 0 Å². The molecule has 0 aromatic rings. The lowest BCUT2D eigenvalue weighted by atomic mass is 10.0. The van der Waals surface area contributed by atoms with Crippen molar-refractivity contribution >= 4 is 17.9 Å². The van der Waals surface area contributed by atoms with Gasteiger partial charge in [0.05, 0.1) is 34.4 Å². The molecule has 0 saturated heterocycles.